The van der Waals surface area contributed by atoms with E-state index in [1.54, 1.807) is 0 Å². The van der Waals surface area contributed by atoms with Gasteiger partial charge >= 0.3 is 0 Å². The van der Waals surface area contributed by atoms with Gasteiger partial charge in [0.1, 0.15) is 0 Å². The number of fused-ring (bicyclic) bond motifs is 3. The van der Waals surface area contributed by atoms with E-state index in [9.17, 15) is 5.11 Å². The monoisotopic (exact) mass is 273 g/mol. The first-order valence-electron chi connectivity index (χ1n) is 8.53. The molecule has 2 nitrogen and oxygen atoms in total. The van der Waals surface area contributed by atoms with Gasteiger partial charge in [0.05, 0.1) is 6.10 Å². The Kier molecular flexibility index (Phi) is 2.99. The molecule has 3 aliphatic rings. The van der Waals surface area contributed by atoms with E-state index in [1.165, 1.54) is 42.6 Å². The zero-order chi connectivity index (χ0) is 13.9. The quantitative estimate of drug-likeness (QED) is 0.860. The van der Waals surface area contributed by atoms with Gasteiger partial charge in [-0.2, -0.15) is 0 Å². The standard InChI is InChI=1S/C18H27NO/c1-11-8-16-17(4-3-5-18(16)20)19(11)12(2)15-10-13-6-7-14(15)9-13/h8,12-15,18,20H,3-7,9-10H2,1-2H3. The maximum absolute atomic E-state index is 10.2. The van der Waals surface area contributed by atoms with Gasteiger partial charge in [-0.15, -0.1) is 0 Å². The molecule has 1 aromatic rings. The molecule has 20 heavy (non-hydrogen) atoms. The van der Waals surface area contributed by atoms with E-state index in [2.05, 4.69) is 24.5 Å². The number of aliphatic hydroxyl groups is 1. The van der Waals surface area contributed by atoms with E-state index >= 15 is 0 Å². The summed E-state index contributed by atoms with van der Waals surface area (Å²) in [5.74, 6) is 2.87. The number of aryl methyl sites for hydroxylation is 1. The van der Waals surface area contributed by atoms with Crippen LogP contribution in [0.4, 0.5) is 0 Å². The van der Waals surface area contributed by atoms with Crippen LogP contribution < -0.4 is 0 Å². The summed E-state index contributed by atoms with van der Waals surface area (Å²) >= 11 is 0. The lowest BCUT2D eigenvalue weighted by molar-refractivity contribution is 0.154. The van der Waals surface area contributed by atoms with Gasteiger partial charge in [-0.3, -0.25) is 0 Å². The molecule has 1 heterocycles. The highest BCUT2D eigenvalue weighted by Gasteiger charge is 2.43. The lowest BCUT2D eigenvalue weighted by Crippen LogP contribution is -2.25. The molecule has 0 saturated heterocycles. The molecule has 0 amide bonds. The maximum atomic E-state index is 10.2. The molecule has 2 saturated carbocycles. The summed E-state index contributed by atoms with van der Waals surface area (Å²) in [6, 6.07) is 2.88. The molecule has 1 aromatic heterocycles. The van der Waals surface area contributed by atoms with Crippen LogP contribution in [-0.4, -0.2) is 9.67 Å². The summed E-state index contributed by atoms with van der Waals surface area (Å²) in [4.78, 5) is 0. The fraction of sp³-hybridized carbons (Fsp3) is 0.778. The predicted octanol–water partition coefficient (Wildman–Crippen LogP) is 4.16. The van der Waals surface area contributed by atoms with Crippen molar-refractivity contribution in [3.8, 4) is 0 Å². The smallest absolute Gasteiger partial charge is 0.0807 e. The van der Waals surface area contributed by atoms with E-state index < -0.39 is 0 Å². The van der Waals surface area contributed by atoms with E-state index in [1.807, 2.05) is 0 Å². The maximum Gasteiger partial charge on any atom is 0.0807 e. The molecule has 0 spiro atoms. The lowest BCUT2D eigenvalue weighted by atomic mass is 9.83. The Morgan fingerprint density at radius 3 is 2.80 bits per heavy atom. The van der Waals surface area contributed by atoms with Crippen LogP contribution in [0, 0.1) is 24.7 Å². The summed E-state index contributed by atoms with van der Waals surface area (Å²) in [5, 5.41) is 10.2. The SMILES string of the molecule is Cc1cc2c(n1C(C)C1CC3CCC1C3)CCCC2O. The Labute approximate surface area is 122 Å². The van der Waals surface area contributed by atoms with Crippen molar-refractivity contribution in [1.29, 1.82) is 0 Å². The van der Waals surface area contributed by atoms with Crippen molar-refractivity contribution in [2.45, 2.75) is 70.9 Å². The summed E-state index contributed by atoms with van der Waals surface area (Å²) < 4.78 is 2.59. The second-order valence-corrected chi connectivity index (χ2v) is 7.55. The third-order valence-corrected chi connectivity index (χ3v) is 6.44. The largest absolute Gasteiger partial charge is 0.388 e. The molecule has 0 radical (unpaired) electrons. The van der Waals surface area contributed by atoms with Crippen LogP contribution in [0.2, 0.25) is 0 Å². The molecular formula is C18H27NO. The van der Waals surface area contributed by atoms with Crippen LogP contribution >= 0.6 is 0 Å². The number of hydrogen-bond donors (Lipinski definition) is 1. The molecular weight excluding hydrogens is 246 g/mol. The van der Waals surface area contributed by atoms with Crippen molar-refractivity contribution in [1.82, 2.24) is 4.57 Å². The first-order chi connectivity index (χ1) is 9.65. The summed E-state index contributed by atoms with van der Waals surface area (Å²) in [6.45, 7) is 4.66. The Bertz CT molecular complexity index is 518. The van der Waals surface area contributed by atoms with Crippen molar-refractivity contribution >= 4 is 0 Å². The molecule has 2 heteroatoms. The van der Waals surface area contributed by atoms with Crippen molar-refractivity contribution in [2.75, 3.05) is 0 Å². The van der Waals surface area contributed by atoms with Gasteiger partial charge in [0, 0.05) is 23.0 Å². The zero-order valence-electron chi connectivity index (χ0n) is 12.8. The topological polar surface area (TPSA) is 25.2 Å². The molecule has 5 unspecified atom stereocenters. The van der Waals surface area contributed by atoms with Gasteiger partial charge in [0.25, 0.3) is 0 Å². The summed E-state index contributed by atoms with van der Waals surface area (Å²) in [7, 11) is 0. The Hall–Kier alpha value is -0.760. The third kappa shape index (κ3) is 1.80. The van der Waals surface area contributed by atoms with E-state index in [0.717, 1.165) is 37.0 Å². The number of nitrogens with zero attached hydrogens (tertiary/aromatic N) is 1. The lowest BCUT2D eigenvalue weighted by Gasteiger charge is -2.32. The number of hydrogen-bond acceptors (Lipinski definition) is 1. The van der Waals surface area contributed by atoms with Gasteiger partial charge in [0.2, 0.25) is 0 Å². The molecule has 5 atom stereocenters. The van der Waals surface area contributed by atoms with Crippen LogP contribution in [0.1, 0.15) is 74.5 Å². The van der Waals surface area contributed by atoms with Crippen LogP contribution in [-0.2, 0) is 6.42 Å². The van der Waals surface area contributed by atoms with Gasteiger partial charge in [-0.25, -0.2) is 0 Å². The second kappa shape index (κ2) is 4.62. The van der Waals surface area contributed by atoms with E-state index in [4.69, 9.17) is 0 Å². The van der Waals surface area contributed by atoms with Gasteiger partial charge < -0.3 is 9.67 Å². The molecule has 1 N–H and O–H groups in total. The van der Waals surface area contributed by atoms with E-state index in [0.29, 0.717) is 6.04 Å². The van der Waals surface area contributed by atoms with Gasteiger partial charge in [0.15, 0.2) is 0 Å². The van der Waals surface area contributed by atoms with Crippen molar-refractivity contribution in [3.63, 3.8) is 0 Å². The van der Waals surface area contributed by atoms with Crippen molar-refractivity contribution in [3.05, 3.63) is 23.0 Å². The summed E-state index contributed by atoms with van der Waals surface area (Å²) in [6.07, 6.45) is 8.90. The fourth-order valence-electron chi connectivity index (χ4n) is 5.54. The third-order valence-electron chi connectivity index (χ3n) is 6.44. The van der Waals surface area contributed by atoms with Gasteiger partial charge in [-0.05, 0) is 76.2 Å². The molecule has 3 aliphatic carbocycles. The second-order valence-electron chi connectivity index (χ2n) is 7.55. The first kappa shape index (κ1) is 12.9. The summed E-state index contributed by atoms with van der Waals surface area (Å²) in [5.41, 5.74) is 4.03. The van der Waals surface area contributed by atoms with Crippen molar-refractivity contribution < 1.29 is 5.11 Å². The minimum absolute atomic E-state index is 0.217. The fourth-order valence-corrected chi connectivity index (χ4v) is 5.54. The average Bonchev–Trinajstić information content (AvgIpc) is 3.11. The molecule has 4 rings (SSSR count). The highest BCUT2D eigenvalue weighted by atomic mass is 16.3. The van der Waals surface area contributed by atoms with Crippen molar-refractivity contribution in [2.24, 2.45) is 17.8 Å². The Morgan fingerprint density at radius 2 is 2.10 bits per heavy atom. The average molecular weight is 273 g/mol. The Balaban J connectivity index is 1.68. The Morgan fingerprint density at radius 1 is 1.25 bits per heavy atom. The van der Waals surface area contributed by atoms with Crippen LogP contribution in [0.5, 0.6) is 0 Å². The molecule has 0 aliphatic heterocycles. The van der Waals surface area contributed by atoms with Crippen LogP contribution in [0.15, 0.2) is 6.07 Å². The number of aliphatic hydroxyl groups excluding tert-OH is 1. The normalized spacial score (nSPS) is 37.1. The highest BCUT2D eigenvalue weighted by molar-refractivity contribution is 5.32. The predicted molar refractivity (Wildman–Crippen MR) is 80.7 cm³/mol. The molecule has 2 bridgehead atoms. The molecule has 2 fully saturated rings. The minimum Gasteiger partial charge on any atom is -0.388 e. The first-order valence-corrected chi connectivity index (χ1v) is 8.53. The molecule has 110 valence electrons. The number of aromatic nitrogens is 1. The minimum atomic E-state index is -0.217. The zero-order valence-corrected chi connectivity index (χ0v) is 12.8. The molecule has 0 aromatic carbocycles. The van der Waals surface area contributed by atoms with Crippen LogP contribution in [0.3, 0.4) is 0 Å². The van der Waals surface area contributed by atoms with E-state index in [-0.39, 0.29) is 6.10 Å². The van der Waals surface area contributed by atoms with Crippen LogP contribution in [0.25, 0.3) is 0 Å². The van der Waals surface area contributed by atoms with Gasteiger partial charge in [-0.1, -0.05) is 6.42 Å². The number of rotatable bonds is 2. The highest BCUT2D eigenvalue weighted by Crippen LogP contribution is 2.52.